The Morgan fingerprint density at radius 3 is 2.53 bits per heavy atom. The van der Waals surface area contributed by atoms with Gasteiger partial charge in [0.1, 0.15) is 11.5 Å². The molecule has 0 unspecified atom stereocenters. The largest absolute Gasteiger partial charge is 0.497 e. The molecule has 2 aromatic carbocycles. The first kappa shape index (κ1) is 23.6. The van der Waals surface area contributed by atoms with Crippen LogP contribution in [0.1, 0.15) is 12.0 Å². The highest BCUT2D eigenvalue weighted by molar-refractivity contribution is 7.22. The van der Waals surface area contributed by atoms with Crippen molar-refractivity contribution in [1.82, 2.24) is 14.5 Å². The van der Waals surface area contributed by atoms with Gasteiger partial charge in [-0.3, -0.25) is 9.69 Å². The molecular formula is C23H25ClN4O3S. The molecule has 0 fully saturated rings. The second kappa shape index (κ2) is 11.0. The van der Waals surface area contributed by atoms with Crippen LogP contribution in [0.4, 0.5) is 5.13 Å². The number of hydrogen-bond donors (Lipinski definition) is 0. The molecule has 0 spiro atoms. The summed E-state index contributed by atoms with van der Waals surface area (Å²) in [6, 6.07) is 13.3. The third-order valence-corrected chi connectivity index (χ3v) is 6.03. The number of aromatic nitrogens is 3. The summed E-state index contributed by atoms with van der Waals surface area (Å²) in [7, 11) is 3.27. The van der Waals surface area contributed by atoms with Gasteiger partial charge in [-0.1, -0.05) is 23.5 Å². The number of methoxy groups -OCH3 is 2. The van der Waals surface area contributed by atoms with Crippen LogP contribution in [-0.4, -0.2) is 41.2 Å². The summed E-state index contributed by atoms with van der Waals surface area (Å²) in [4.78, 5) is 23.9. The summed E-state index contributed by atoms with van der Waals surface area (Å²) < 4.78 is 13.5. The molecule has 0 aliphatic rings. The topological polar surface area (TPSA) is 69.5 Å². The Hall–Kier alpha value is -3.10. The maximum atomic E-state index is 13.3. The van der Waals surface area contributed by atoms with Crippen molar-refractivity contribution >= 4 is 45.0 Å². The van der Waals surface area contributed by atoms with Crippen LogP contribution in [0.3, 0.4) is 0 Å². The van der Waals surface area contributed by atoms with E-state index >= 15 is 0 Å². The van der Waals surface area contributed by atoms with Gasteiger partial charge in [0.2, 0.25) is 5.91 Å². The van der Waals surface area contributed by atoms with Crippen LogP contribution in [0.2, 0.25) is 0 Å². The molecule has 9 heteroatoms. The summed E-state index contributed by atoms with van der Waals surface area (Å²) in [5, 5.41) is 0.701. The Morgan fingerprint density at radius 2 is 1.84 bits per heavy atom. The number of rotatable bonds is 9. The lowest BCUT2D eigenvalue weighted by molar-refractivity contribution is -0.118. The molecule has 32 heavy (non-hydrogen) atoms. The van der Waals surface area contributed by atoms with Crippen molar-refractivity contribution in [2.75, 3.05) is 25.7 Å². The fourth-order valence-corrected chi connectivity index (χ4v) is 4.34. The summed E-state index contributed by atoms with van der Waals surface area (Å²) in [6.07, 6.45) is 6.56. The molecule has 0 radical (unpaired) electrons. The van der Waals surface area contributed by atoms with E-state index in [1.807, 2.05) is 53.2 Å². The van der Waals surface area contributed by atoms with E-state index in [1.165, 1.54) is 11.3 Å². The third kappa shape index (κ3) is 5.57. The Kier molecular flexibility index (Phi) is 8.08. The zero-order valence-corrected chi connectivity index (χ0v) is 19.6. The number of ether oxygens (including phenoxy) is 2. The van der Waals surface area contributed by atoms with E-state index < -0.39 is 0 Å². The van der Waals surface area contributed by atoms with Crippen molar-refractivity contribution in [2.45, 2.75) is 19.4 Å². The zero-order valence-electron chi connectivity index (χ0n) is 17.9. The van der Waals surface area contributed by atoms with Crippen molar-refractivity contribution in [3.05, 3.63) is 66.7 Å². The fraction of sp³-hybridized carbons (Fsp3) is 0.261. The first-order chi connectivity index (χ1) is 15.2. The maximum absolute atomic E-state index is 13.3. The number of carbonyl (C=O) groups excluding carboxylic acids is 1. The normalized spacial score (nSPS) is 10.6. The molecule has 4 rings (SSSR count). The summed E-state index contributed by atoms with van der Waals surface area (Å²) in [6.45, 7) is 1.36. The van der Waals surface area contributed by atoms with E-state index in [-0.39, 0.29) is 18.3 Å². The number of nitrogens with zero attached hydrogens (tertiary/aromatic N) is 4. The molecule has 168 valence electrons. The summed E-state index contributed by atoms with van der Waals surface area (Å²) in [5.41, 5.74) is 1.80. The predicted molar refractivity (Wildman–Crippen MR) is 129 cm³/mol. The van der Waals surface area contributed by atoms with Crippen LogP contribution < -0.4 is 14.4 Å². The zero-order chi connectivity index (χ0) is 21.6. The van der Waals surface area contributed by atoms with Crippen LogP contribution in [0.5, 0.6) is 11.5 Å². The number of anilines is 1. The lowest BCUT2D eigenvalue weighted by Crippen LogP contribution is -2.33. The average Bonchev–Trinajstić information content (AvgIpc) is 3.46. The Morgan fingerprint density at radius 1 is 1.09 bits per heavy atom. The number of halogens is 1. The lowest BCUT2D eigenvalue weighted by Gasteiger charge is -2.20. The monoisotopic (exact) mass is 472 g/mol. The number of aryl methyl sites for hydroxylation is 1. The van der Waals surface area contributed by atoms with E-state index in [1.54, 1.807) is 31.6 Å². The van der Waals surface area contributed by atoms with Gasteiger partial charge in [0.25, 0.3) is 0 Å². The molecule has 0 atom stereocenters. The van der Waals surface area contributed by atoms with E-state index in [0.717, 1.165) is 40.2 Å². The Bertz CT molecular complexity index is 1150. The molecule has 0 aliphatic carbocycles. The van der Waals surface area contributed by atoms with Gasteiger partial charge in [-0.25, -0.2) is 9.97 Å². The first-order valence-electron chi connectivity index (χ1n) is 10.00. The van der Waals surface area contributed by atoms with Gasteiger partial charge in [0.05, 0.1) is 37.2 Å². The second-order valence-corrected chi connectivity index (χ2v) is 8.06. The van der Waals surface area contributed by atoms with Crippen molar-refractivity contribution in [2.24, 2.45) is 0 Å². The minimum atomic E-state index is 0. The number of thiazole rings is 1. The highest BCUT2D eigenvalue weighted by Crippen LogP contribution is 2.32. The van der Waals surface area contributed by atoms with Gasteiger partial charge in [-0.15, -0.1) is 12.4 Å². The molecule has 0 saturated carbocycles. The van der Waals surface area contributed by atoms with Crippen molar-refractivity contribution < 1.29 is 14.3 Å². The fourth-order valence-electron chi connectivity index (χ4n) is 3.31. The van der Waals surface area contributed by atoms with Gasteiger partial charge in [-0.05, 0) is 42.3 Å². The van der Waals surface area contributed by atoms with Gasteiger partial charge >= 0.3 is 0 Å². The van der Waals surface area contributed by atoms with Crippen LogP contribution in [0, 0.1) is 0 Å². The standard InChI is InChI=1S/C23H24N4O3S.ClH/c1-29-18-6-4-17(5-7-18)14-22(28)27(12-3-11-26-13-10-24-16-26)23-25-20-9-8-19(30-2)15-21(20)31-23;/h4-10,13,15-16H,3,11-12,14H2,1-2H3;1H. The van der Waals surface area contributed by atoms with E-state index in [0.29, 0.717) is 18.1 Å². The van der Waals surface area contributed by atoms with E-state index in [2.05, 4.69) is 4.98 Å². The first-order valence-corrected chi connectivity index (χ1v) is 10.8. The maximum Gasteiger partial charge on any atom is 0.233 e. The number of hydrogen-bond acceptors (Lipinski definition) is 6. The van der Waals surface area contributed by atoms with Crippen LogP contribution >= 0.6 is 23.7 Å². The molecule has 4 aromatic rings. The van der Waals surface area contributed by atoms with E-state index in [9.17, 15) is 4.79 Å². The number of fused-ring (bicyclic) bond motifs is 1. The number of carbonyl (C=O) groups is 1. The molecular weight excluding hydrogens is 448 g/mol. The molecule has 0 saturated heterocycles. The Balaban J connectivity index is 0.00000289. The second-order valence-electron chi connectivity index (χ2n) is 7.05. The van der Waals surface area contributed by atoms with Gasteiger partial charge < -0.3 is 14.0 Å². The number of imidazole rings is 1. The highest BCUT2D eigenvalue weighted by Gasteiger charge is 2.20. The molecule has 2 aromatic heterocycles. The number of benzene rings is 2. The predicted octanol–water partition coefficient (Wildman–Crippen LogP) is 4.60. The highest BCUT2D eigenvalue weighted by atomic mass is 35.5. The van der Waals surface area contributed by atoms with E-state index in [4.69, 9.17) is 14.5 Å². The molecule has 1 amide bonds. The summed E-state index contributed by atoms with van der Waals surface area (Å²) >= 11 is 1.50. The quantitative estimate of drug-likeness (QED) is 0.356. The van der Waals surface area contributed by atoms with Crippen LogP contribution in [-0.2, 0) is 17.8 Å². The smallest absolute Gasteiger partial charge is 0.233 e. The molecule has 7 nitrogen and oxygen atoms in total. The van der Waals surface area contributed by atoms with Gasteiger partial charge in [0, 0.05) is 25.5 Å². The van der Waals surface area contributed by atoms with Gasteiger partial charge in [0.15, 0.2) is 5.13 Å². The van der Waals surface area contributed by atoms with Gasteiger partial charge in [-0.2, -0.15) is 0 Å². The van der Waals surface area contributed by atoms with Crippen molar-refractivity contribution in [1.29, 1.82) is 0 Å². The van der Waals surface area contributed by atoms with Crippen LogP contribution in [0.15, 0.2) is 61.2 Å². The van der Waals surface area contributed by atoms with Crippen molar-refractivity contribution in [3.8, 4) is 11.5 Å². The van der Waals surface area contributed by atoms with Crippen molar-refractivity contribution in [3.63, 3.8) is 0 Å². The SMILES string of the molecule is COc1ccc(CC(=O)N(CCCn2ccnc2)c2nc3ccc(OC)cc3s2)cc1.Cl. The summed E-state index contributed by atoms with van der Waals surface area (Å²) in [5.74, 6) is 1.56. The Labute approximate surface area is 197 Å². The third-order valence-electron chi connectivity index (χ3n) is 4.99. The molecule has 0 aliphatic heterocycles. The average molecular weight is 473 g/mol. The van der Waals surface area contributed by atoms with Crippen LogP contribution in [0.25, 0.3) is 10.2 Å². The molecule has 0 N–H and O–H groups in total. The molecule has 2 heterocycles. The molecule has 0 bridgehead atoms. The number of amides is 1. The minimum absolute atomic E-state index is 0. The lowest BCUT2D eigenvalue weighted by atomic mass is 10.1. The minimum Gasteiger partial charge on any atom is -0.497 e.